The highest BCUT2D eigenvalue weighted by Gasteiger charge is 2.33. The molecule has 7 nitrogen and oxygen atoms in total. The SMILES string of the molecule is COC(=O)C1=C(C(=O)OC)N(c2cc(F)c(OC(C)C)c(F)c2)COC1. The molecule has 1 aliphatic rings. The minimum absolute atomic E-state index is 0.0439. The van der Waals surface area contributed by atoms with Crippen LogP contribution in [0.1, 0.15) is 13.8 Å². The van der Waals surface area contributed by atoms with Crippen LogP contribution in [0.2, 0.25) is 0 Å². The van der Waals surface area contributed by atoms with Gasteiger partial charge in [0.1, 0.15) is 12.4 Å². The van der Waals surface area contributed by atoms with E-state index in [1.165, 1.54) is 0 Å². The van der Waals surface area contributed by atoms with Crippen molar-refractivity contribution in [3.63, 3.8) is 0 Å². The normalized spacial score (nSPS) is 14.5. The summed E-state index contributed by atoms with van der Waals surface area (Å²) in [4.78, 5) is 25.2. The predicted molar refractivity (Wildman–Crippen MR) is 86.5 cm³/mol. The molecular formula is C17H19F2NO6. The maximum atomic E-state index is 14.3. The summed E-state index contributed by atoms with van der Waals surface area (Å²) in [5, 5.41) is 0. The van der Waals surface area contributed by atoms with Crippen molar-refractivity contribution in [3.8, 4) is 5.75 Å². The van der Waals surface area contributed by atoms with Crippen molar-refractivity contribution < 1.29 is 37.3 Å². The average Bonchev–Trinajstić information content (AvgIpc) is 2.62. The summed E-state index contributed by atoms with van der Waals surface area (Å²) in [5.41, 5.74) is -0.367. The number of nitrogens with zero attached hydrogens (tertiary/aromatic N) is 1. The summed E-state index contributed by atoms with van der Waals surface area (Å²) < 4.78 is 48.3. The van der Waals surface area contributed by atoms with E-state index in [1.807, 2.05) is 0 Å². The van der Waals surface area contributed by atoms with E-state index in [9.17, 15) is 18.4 Å². The number of hydrogen-bond acceptors (Lipinski definition) is 7. The van der Waals surface area contributed by atoms with Gasteiger partial charge in [0.25, 0.3) is 0 Å². The summed E-state index contributed by atoms with van der Waals surface area (Å²) >= 11 is 0. The molecule has 0 radical (unpaired) electrons. The van der Waals surface area contributed by atoms with Gasteiger partial charge in [-0.25, -0.2) is 18.4 Å². The van der Waals surface area contributed by atoms with Gasteiger partial charge in [-0.2, -0.15) is 0 Å². The Morgan fingerprint density at radius 2 is 1.69 bits per heavy atom. The molecule has 0 aromatic heterocycles. The van der Waals surface area contributed by atoms with Gasteiger partial charge < -0.3 is 23.8 Å². The van der Waals surface area contributed by atoms with E-state index < -0.39 is 35.4 Å². The second kappa shape index (κ2) is 8.13. The number of rotatable bonds is 5. The number of carbonyl (C=O) groups excluding carboxylic acids is 2. The summed E-state index contributed by atoms with van der Waals surface area (Å²) in [6, 6.07) is 1.96. The van der Waals surface area contributed by atoms with Crippen molar-refractivity contribution in [3.05, 3.63) is 35.0 Å². The number of methoxy groups -OCH3 is 2. The summed E-state index contributed by atoms with van der Waals surface area (Å²) in [6.45, 7) is 2.85. The highest BCUT2D eigenvalue weighted by Crippen LogP contribution is 2.32. The van der Waals surface area contributed by atoms with Crippen molar-refractivity contribution in [1.82, 2.24) is 0 Å². The average molecular weight is 371 g/mol. The molecule has 0 unspecified atom stereocenters. The molecule has 9 heteroatoms. The van der Waals surface area contributed by atoms with Crippen LogP contribution in [0.15, 0.2) is 23.4 Å². The van der Waals surface area contributed by atoms with E-state index in [0.717, 1.165) is 31.3 Å². The fourth-order valence-corrected chi connectivity index (χ4v) is 2.40. The first-order chi connectivity index (χ1) is 12.3. The molecule has 0 saturated heterocycles. The highest BCUT2D eigenvalue weighted by atomic mass is 19.1. The zero-order valence-corrected chi connectivity index (χ0v) is 14.8. The van der Waals surface area contributed by atoms with Gasteiger partial charge in [0.05, 0.1) is 32.5 Å². The van der Waals surface area contributed by atoms with E-state index in [2.05, 4.69) is 9.47 Å². The standard InChI is InChI=1S/C17H19F2NO6/c1-9(2)26-15-12(18)5-10(6-13(15)19)20-8-25-7-11(16(21)23-3)14(20)17(22)24-4/h5-6,9H,7-8H2,1-4H3. The Balaban J connectivity index is 2.55. The molecule has 0 N–H and O–H groups in total. The molecule has 2 rings (SSSR count). The smallest absolute Gasteiger partial charge is 0.355 e. The molecule has 1 aliphatic heterocycles. The van der Waals surface area contributed by atoms with Crippen molar-refractivity contribution in [2.45, 2.75) is 20.0 Å². The Hall–Kier alpha value is -2.68. The van der Waals surface area contributed by atoms with Gasteiger partial charge in [0, 0.05) is 17.8 Å². The molecule has 1 aromatic carbocycles. The first-order valence-electron chi connectivity index (χ1n) is 7.70. The van der Waals surface area contributed by atoms with Crippen molar-refractivity contribution in [1.29, 1.82) is 0 Å². The Morgan fingerprint density at radius 3 is 2.19 bits per heavy atom. The number of anilines is 1. The molecule has 0 fully saturated rings. The fourth-order valence-electron chi connectivity index (χ4n) is 2.40. The van der Waals surface area contributed by atoms with Crippen LogP contribution in [0, 0.1) is 11.6 Å². The topological polar surface area (TPSA) is 74.3 Å². The van der Waals surface area contributed by atoms with Gasteiger partial charge in [0.2, 0.25) is 0 Å². The van der Waals surface area contributed by atoms with E-state index >= 15 is 0 Å². The van der Waals surface area contributed by atoms with E-state index in [0.29, 0.717) is 0 Å². The number of esters is 2. The number of halogens is 2. The third-order valence-electron chi connectivity index (χ3n) is 3.48. The molecule has 0 aliphatic carbocycles. The van der Waals surface area contributed by atoms with Gasteiger partial charge in [0.15, 0.2) is 17.4 Å². The molecule has 1 heterocycles. The number of benzene rings is 1. The van der Waals surface area contributed by atoms with Crippen LogP contribution >= 0.6 is 0 Å². The molecule has 1 aromatic rings. The summed E-state index contributed by atoms with van der Waals surface area (Å²) in [7, 11) is 2.26. The lowest BCUT2D eigenvalue weighted by molar-refractivity contribution is -0.140. The predicted octanol–water partition coefficient (Wildman–Crippen LogP) is 2.15. The molecule has 0 bridgehead atoms. The van der Waals surface area contributed by atoms with Crippen molar-refractivity contribution in [2.75, 3.05) is 32.5 Å². The van der Waals surface area contributed by atoms with Gasteiger partial charge in [-0.05, 0) is 13.8 Å². The quantitative estimate of drug-likeness (QED) is 0.734. The molecule has 0 atom stereocenters. The first kappa shape index (κ1) is 19.6. The van der Waals surface area contributed by atoms with Gasteiger partial charge in [-0.1, -0.05) is 0 Å². The molecule has 0 spiro atoms. The maximum Gasteiger partial charge on any atom is 0.355 e. The number of hydrogen-bond donors (Lipinski definition) is 0. The second-order valence-electron chi connectivity index (χ2n) is 5.62. The van der Waals surface area contributed by atoms with Crippen LogP contribution in [-0.4, -0.2) is 45.6 Å². The number of ether oxygens (including phenoxy) is 4. The summed E-state index contributed by atoms with van der Waals surface area (Å²) in [6.07, 6.45) is -0.431. The van der Waals surface area contributed by atoms with E-state index in [-0.39, 0.29) is 30.3 Å². The molecular weight excluding hydrogens is 352 g/mol. The van der Waals surface area contributed by atoms with Crippen molar-refractivity contribution >= 4 is 17.6 Å². The van der Waals surface area contributed by atoms with Crippen LogP contribution in [-0.2, 0) is 23.8 Å². The zero-order valence-electron chi connectivity index (χ0n) is 14.8. The lowest BCUT2D eigenvalue weighted by atomic mass is 10.1. The van der Waals surface area contributed by atoms with Crippen LogP contribution in [0.25, 0.3) is 0 Å². The lowest BCUT2D eigenvalue weighted by Crippen LogP contribution is -2.38. The Kier molecular flexibility index (Phi) is 6.14. The molecule has 0 saturated carbocycles. The minimum atomic E-state index is -0.955. The fraction of sp³-hybridized carbons (Fsp3) is 0.412. The Bertz CT molecular complexity index is 724. The monoisotopic (exact) mass is 371 g/mol. The minimum Gasteiger partial charge on any atom is -0.485 e. The maximum absolute atomic E-state index is 14.3. The molecule has 142 valence electrons. The van der Waals surface area contributed by atoms with E-state index in [4.69, 9.17) is 9.47 Å². The third kappa shape index (κ3) is 3.93. The van der Waals surface area contributed by atoms with Crippen LogP contribution < -0.4 is 9.64 Å². The molecule has 26 heavy (non-hydrogen) atoms. The van der Waals surface area contributed by atoms with Gasteiger partial charge in [-0.15, -0.1) is 0 Å². The van der Waals surface area contributed by atoms with E-state index in [1.54, 1.807) is 13.8 Å². The Labute approximate surface area is 149 Å². The van der Waals surface area contributed by atoms with Crippen molar-refractivity contribution in [2.24, 2.45) is 0 Å². The second-order valence-corrected chi connectivity index (χ2v) is 5.62. The third-order valence-corrected chi connectivity index (χ3v) is 3.48. The van der Waals surface area contributed by atoms with Gasteiger partial charge in [-0.3, -0.25) is 0 Å². The number of carbonyl (C=O) groups is 2. The zero-order chi connectivity index (χ0) is 19.4. The largest absolute Gasteiger partial charge is 0.485 e. The molecule has 0 amide bonds. The van der Waals surface area contributed by atoms with Crippen LogP contribution in [0.4, 0.5) is 14.5 Å². The lowest BCUT2D eigenvalue weighted by Gasteiger charge is -2.31. The van der Waals surface area contributed by atoms with Crippen LogP contribution in [0.3, 0.4) is 0 Å². The first-order valence-corrected chi connectivity index (χ1v) is 7.70. The summed E-state index contributed by atoms with van der Waals surface area (Å²) in [5.74, 6) is -4.11. The van der Waals surface area contributed by atoms with Gasteiger partial charge >= 0.3 is 11.9 Å². The highest BCUT2D eigenvalue weighted by molar-refractivity contribution is 6.03. The Morgan fingerprint density at radius 1 is 1.12 bits per heavy atom. The van der Waals surface area contributed by atoms with Crippen LogP contribution in [0.5, 0.6) is 5.75 Å².